The molecule has 2 unspecified atom stereocenters. The molecule has 1 aliphatic carbocycles. The van der Waals surface area contributed by atoms with Crippen LogP contribution in [0.25, 0.3) is 28.0 Å². The summed E-state index contributed by atoms with van der Waals surface area (Å²) in [5.74, 6) is 1.12. The summed E-state index contributed by atoms with van der Waals surface area (Å²) in [6.45, 7) is 0. The molecule has 1 amide bonds. The van der Waals surface area contributed by atoms with Crippen LogP contribution in [0.15, 0.2) is 54.9 Å². The molecule has 4 N–H and O–H groups in total. The number of nitrogens with zero attached hydrogens (tertiary/aromatic N) is 7. The molecule has 11 heteroatoms. The summed E-state index contributed by atoms with van der Waals surface area (Å²) in [5.41, 5.74) is 13.6. The van der Waals surface area contributed by atoms with Crippen LogP contribution in [-0.2, 0) is 0 Å². The molecular formula is C30H29N9O2. The van der Waals surface area contributed by atoms with Crippen LogP contribution in [-0.4, -0.2) is 62.8 Å². The minimum absolute atomic E-state index is 0.0731. The number of carbonyl (C=O) groups is 1. The zero-order valence-corrected chi connectivity index (χ0v) is 22.3. The van der Waals surface area contributed by atoms with Gasteiger partial charge in [-0.1, -0.05) is 41.5 Å². The third-order valence-electron chi connectivity index (χ3n) is 8.91. The first-order valence-electron chi connectivity index (χ1n) is 14.2. The number of hydrogen-bond acceptors (Lipinski definition) is 8. The van der Waals surface area contributed by atoms with Crippen LogP contribution in [0.4, 0.5) is 5.82 Å². The van der Waals surface area contributed by atoms with Crippen LogP contribution >= 0.6 is 0 Å². The predicted molar refractivity (Wildman–Crippen MR) is 151 cm³/mol. The Morgan fingerprint density at radius 3 is 2.37 bits per heavy atom. The summed E-state index contributed by atoms with van der Waals surface area (Å²) in [4.78, 5) is 27.8. The zero-order chi connectivity index (χ0) is 27.7. The van der Waals surface area contributed by atoms with E-state index >= 15 is 0 Å². The number of rotatable bonds is 5. The number of hydrogen-bond donors (Lipinski definition) is 3. The van der Waals surface area contributed by atoms with Gasteiger partial charge in [0.2, 0.25) is 5.82 Å². The SMILES string of the molecule is Nc1c(C2CC2)c(C2CC3CCC(C2)N3C(=O)c2nnc(O)[nH]2)nc2c(-c3ccc(-c4ccccc4)nc3)cnn12. The highest BCUT2D eigenvalue weighted by atomic mass is 16.3. The van der Waals surface area contributed by atoms with Crippen molar-refractivity contribution in [3.8, 4) is 28.4 Å². The van der Waals surface area contributed by atoms with Gasteiger partial charge in [-0.3, -0.25) is 14.8 Å². The van der Waals surface area contributed by atoms with E-state index in [0.29, 0.717) is 11.7 Å². The number of nitrogen functional groups attached to an aromatic ring is 1. The number of aromatic hydroxyl groups is 1. The molecule has 6 heterocycles. The Morgan fingerprint density at radius 2 is 1.71 bits per heavy atom. The average molecular weight is 548 g/mol. The lowest BCUT2D eigenvalue weighted by atomic mass is 9.85. The smallest absolute Gasteiger partial charge is 0.312 e. The molecule has 3 aliphatic rings. The second kappa shape index (κ2) is 9.12. The Bertz CT molecular complexity index is 1760. The standard InChI is InChI=1S/C30H29N9O2/c31-26-24(17-6-7-17)25(19-12-20-9-10-21(13-19)38(20)29(40)27-35-30(41)37-36-27)34-28-22(15-33-39(26)28)18-8-11-23(32-14-18)16-4-2-1-3-5-16/h1-5,8,11,14-15,17,19-21H,6-7,9-10,12-13,31H2,(H2,35,36,37,41). The van der Waals surface area contributed by atoms with Crippen molar-refractivity contribution in [2.75, 3.05) is 5.73 Å². The second-order valence-corrected chi connectivity index (χ2v) is 11.4. The molecule has 2 aliphatic heterocycles. The monoisotopic (exact) mass is 547 g/mol. The molecule has 8 rings (SSSR count). The third-order valence-corrected chi connectivity index (χ3v) is 8.91. The Morgan fingerprint density at radius 1 is 0.927 bits per heavy atom. The van der Waals surface area contributed by atoms with Crippen molar-refractivity contribution in [2.45, 2.75) is 62.4 Å². The highest BCUT2D eigenvalue weighted by molar-refractivity contribution is 5.91. The molecule has 11 nitrogen and oxygen atoms in total. The van der Waals surface area contributed by atoms with Crippen molar-refractivity contribution in [2.24, 2.45) is 0 Å². The first kappa shape index (κ1) is 24.0. The number of nitrogens with two attached hydrogens (primary N) is 1. The molecule has 1 aromatic carbocycles. The number of amides is 1. The fourth-order valence-electron chi connectivity index (χ4n) is 6.89. The maximum absolute atomic E-state index is 13.2. The lowest BCUT2D eigenvalue weighted by Crippen LogP contribution is -2.46. The number of aromatic nitrogens is 7. The first-order chi connectivity index (χ1) is 20.0. The van der Waals surface area contributed by atoms with Crippen molar-refractivity contribution < 1.29 is 9.90 Å². The molecule has 0 spiro atoms. The van der Waals surface area contributed by atoms with Gasteiger partial charge in [0.25, 0.3) is 5.91 Å². The van der Waals surface area contributed by atoms with E-state index in [4.69, 9.17) is 15.7 Å². The van der Waals surface area contributed by atoms with Crippen LogP contribution < -0.4 is 5.73 Å². The molecule has 4 aromatic heterocycles. The number of aromatic amines is 1. The van der Waals surface area contributed by atoms with E-state index in [9.17, 15) is 9.90 Å². The number of benzene rings is 1. The van der Waals surface area contributed by atoms with E-state index in [1.165, 1.54) is 0 Å². The van der Waals surface area contributed by atoms with Crippen molar-refractivity contribution in [1.29, 1.82) is 0 Å². The molecule has 2 atom stereocenters. The molecular weight excluding hydrogens is 518 g/mol. The quantitative estimate of drug-likeness (QED) is 0.295. The third kappa shape index (κ3) is 3.94. The van der Waals surface area contributed by atoms with Gasteiger partial charge < -0.3 is 15.7 Å². The highest BCUT2D eigenvalue weighted by Gasteiger charge is 2.46. The van der Waals surface area contributed by atoms with Crippen molar-refractivity contribution >= 4 is 17.4 Å². The number of pyridine rings is 1. The summed E-state index contributed by atoms with van der Waals surface area (Å²) in [6, 6.07) is 14.0. The predicted octanol–water partition coefficient (Wildman–Crippen LogP) is 4.29. The van der Waals surface area contributed by atoms with Crippen LogP contribution in [0.3, 0.4) is 0 Å². The van der Waals surface area contributed by atoms with Gasteiger partial charge in [-0.15, -0.1) is 5.10 Å². The maximum atomic E-state index is 13.2. The molecule has 206 valence electrons. The minimum Gasteiger partial charge on any atom is -0.479 e. The number of carbonyl (C=O) groups excluding carboxylic acids is 1. The zero-order valence-electron chi connectivity index (χ0n) is 22.3. The van der Waals surface area contributed by atoms with E-state index in [-0.39, 0.29) is 35.7 Å². The van der Waals surface area contributed by atoms with Crippen LogP contribution in [0.2, 0.25) is 0 Å². The summed E-state index contributed by atoms with van der Waals surface area (Å²) < 4.78 is 1.78. The Kier molecular flexibility index (Phi) is 5.34. The van der Waals surface area contributed by atoms with E-state index in [2.05, 4.69) is 26.3 Å². The van der Waals surface area contributed by atoms with Gasteiger partial charge in [0.05, 0.1) is 17.6 Å². The largest absolute Gasteiger partial charge is 0.479 e. The molecule has 0 radical (unpaired) electrons. The van der Waals surface area contributed by atoms with Gasteiger partial charge in [0.1, 0.15) is 5.82 Å². The van der Waals surface area contributed by atoms with Crippen molar-refractivity contribution in [3.63, 3.8) is 0 Å². The van der Waals surface area contributed by atoms with Gasteiger partial charge in [0.15, 0.2) is 5.65 Å². The maximum Gasteiger partial charge on any atom is 0.312 e. The number of H-pyrrole nitrogens is 1. The van der Waals surface area contributed by atoms with E-state index in [0.717, 1.165) is 77.8 Å². The summed E-state index contributed by atoms with van der Waals surface area (Å²) in [7, 11) is 0. The lowest BCUT2D eigenvalue weighted by molar-refractivity contribution is 0.0556. The lowest BCUT2D eigenvalue weighted by Gasteiger charge is -2.39. The van der Waals surface area contributed by atoms with Crippen LogP contribution in [0.5, 0.6) is 6.01 Å². The van der Waals surface area contributed by atoms with Gasteiger partial charge in [0, 0.05) is 46.5 Å². The molecule has 2 saturated heterocycles. The second-order valence-electron chi connectivity index (χ2n) is 11.4. The van der Waals surface area contributed by atoms with E-state index in [1.807, 2.05) is 53.7 Å². The summed E-state index contributed by atoms with van der Waals surface area (Å²) in [6.07, 6.45) is 9.38. The Hall–Kier alpha value is -4.80. The van der Waals surface area contributed by atoms with Gasteiger partial charge >= 0.3 is 6.01 Å². The van der Waals surface area contributed by atoms with Gasteiger partial charge in [-0.05, 0) is 50.5 Å². The van der Waals surface area contributed by atoms with E-state index < -0.39 is 0 Å². The first-order valence-corrected chi connectivity index (χ1v) is 14.2. The number of fused-ring (bicyclic) bond motifs is 3. The molecule has 1 saturated carbocycles. The summed E-state index contributed by atoms with van der Waals surface area (Å²) >= 11 is 0. The highest BCUT2D eigenvalue weighted by Crippen LogP contribution is 2.50. The van der Waals surface area contributed by atoms with Crippen molar-refractivity contribution in [1.82, 2.24) is 39.7 Å². The molecule has 2 bridgehead atoms. The normalized spacial score (nSPS) is 22.0. The van der Waals surface area contributed by atoms with Crippen LogP contribution in [0, 0.1) is 0 Å². The number of piperidine rings is 1. The molecule has 3 fully saturated rings. The number of anilines is 1. The van der Waals surface area contributed by atoms with Gasteiger partial charge in [-0.2, -0.15) is 9.61 Å². The summed E-state index contributed by atoms with van der Waals surface area (Å²) in [5, 5.41) is 21.6. The van der Waals surface area contributed by atoms with Gasteiger partial charge in [-0.25, -0.2) is 4.98 Å². The molecule has 5 aromatic rings. The Balaban J connectivity index is 1.15. The fraction of sp³-hybridized carbons (Fsp3) is 0.333. The molecule has 41 heavy (non-hydrogen) atoms. The number of nitrogens with one attached hydrogen (secondary N) is 1. The fourth-order valence-corrected chi connectivity index (χ4v) is 6.89. The van der Waals surface area contributed by atoms with Crippen LogP contribution in [0.1, 0.15) is 72.2 Å². The van der Waals surface area contributed by atoms with E-state index in [1.54, 1.807) is 4.52 Å². The Labute approximate surface area is 235 Å². The average Bonchev–Trinajstić information content (AvgIpc) is 3.49. The van der Waals surface area contributed by atoms with Crippen molar-refractivity contribution in [3.05, 3.63) is 71.9 Å². The minimum atomic E-state index is -0.348. The topological polar surface area (TPSA) is 151 Å².